The first-order valence-electron chi connectivity index (χ1n) is 6.13. The van der Waals surface area contributed by atoms with Gasteiger partial charge >= 0.3 is 0 Å². The third-order valence-electron chi connectivity index (χ3n) is 3.21. The number of rotatable bonds is 2. The van der Waals surface area contributed by atoms with Crippen molar-refractivity contribution in [3.8, 4) is 0 Å². The molecular weight excluding hydrogens is 186 g/mol. The summed E-state index contributed by atoms with van der Waals surface area (Å²) >= 11 is 0. The van der Waals surface area contributed by atoms with Crippen LogP contribution in [0.4, 0.5) is 0 Å². The summed E-state index contributed by atoms with van der Waals surface area (Å²) < 4.78 is 0. The van der Waals surface area contributed by atoms with Crippen LogP contribution in [-0.2, 0) is 4.84 Å². The van der Waals surface area contributed by atoms with E-state index < -0.39 is 0 Å². The second-order valence-corrected chi connectivity index (χ2v) is 6.82. The van der Waals surface area contributed by atoms with Gasteiger partial charge in [-0.3, -0.25) is 4.84 Å². The zero-order valence-electron chi connectivity index (χ0n) is 11.2. The van der Waals surface area contributed by atoms with Gasteiger partial charge < -0.3 is 0 Å². The van der Waals surface area contributed by atoms with Crippen molar-refractivity contribution >= 4 is 0 Å². The molecule has 0 aliphatic heterocycles. The van der Waals surface area contributed by atoms with E-state index in [9.17, 15) is 0 Å². The van der Waals surface area contributed by atoms with E-state index in [2.05, 4.69) is 47.0 Å². The number of nitrogens with one attached hydrogen (secondary N) is 1. The molecule has 2 nitrogen and oxygen atoms in total. The molecule has 0 aromatic carbocycles. The molecule has 2 heteroatoms. The van der Waals surface area contributed by atoms with E-state index in [1.807, 2.05) is 0 Å². The van der Waals surface area contributed by atoms with E-state index in [1.165, 1.54) is 19.3 Å². The van der Waals surface area contributed by atoms with E-state index in [1.54, 1.807) is 0 Å². The van der Waals surface area contributed by atoms with Gasteiger partial charge in [-0.15, -0.1) is 0 Å². The molecule has 0 heterocycles. The maximum atomic E-state index is 5.66. The standard InChI is InChI=1S/C13H27NO/c1-10-9-13(5,6)8-7-11(10)14-15-12(2,3)4/h10-11,14H,7-9H2,1-6H3. The molecule has 0 radical (unpaired) electrons. The quantitative estimate of drug-likeness (QED) is 0.709. The Bertz CT molecular complexity index is 205. The maximum Gasteiger partial charge on any atom is 0.0813 e. The summed E-state index contributed by atoms with van der Waals surface area (Å²) in [5.74, 6) is 0.705. The third-order valence-corrected chi connectivity index (χ3v) is 3.21. The van der Waals surface area contributed by atoms with Gasteiger partial charge in [-0.1, -0.05) is 20.8 Å². The summed E-state index contributed by atoms with van der Waals surface area (Å²) in [5.41, 5.74) is 3.67. The van der Waals surface area contributed by atoms with E-state index in [0.29, 0.717) is 17.4 Å². The molecule has 0 aromatic rings. The predicted octanol–water partition coefficient (Wildman–Crippen LogP) is 3.52. The molecule has 1 aliphatic rings. The van der Waals surface area contributed by atoms with Crippen LogP contribution in [0.5, 0.6) is 0 Å². The summed E-state index contributed by atoms with van der Waals surface area (Å²) in [6.45, 7) is 13.3. The van der Waals surface area contributed by atoms with Crippen molar-refractivity contribution in [3.05, 3.63) is 0 Å². The van der Waals surface area contributed by atoms with Crippen LogP contribution < -0.4 is 5.48 Å². The molecule has 0 saturated heterocycles. The molecule has 0 amide bonds. The van der Waals surface area contributed by atoms with Crippen LogP contribution in [0.3, 0.4) is 0 Å². The summed E-state index contributed by atoms with van der Waals surface area (Å²) in [4.78, 5) is 5.66. The first-order valence-corrected chi connectivity index (χ1v) is 6.13. The first kappa shape index (κ1) is 13.0. The highest BCUT2D eigenvalue weighted by Crippen LogP contribution is 2.38. The zero-order valence-corrected chi connectivity index (χ0v) is 11.2. The topological polar surface area (TPSA) is 21.3 Å². The first-order chi connectivity index (χ1) is 6.70. The molecule has 0 spiro atoms. The Balaban J connectivity index is 2.39. The van der Waals surface area contributed by atoms with Crippen molar-refractivity contribution in [1.82, 2.24) is 5.48 Å². The Morgan fingerprint density at radius 3 is 2.33 bits per heavy atom. The van der Waals surface area contributed by atoms with Gasteiger partial charge in [0.15, 0.2) is 0 Å². The van der Waals surface area contributed by atoms with Gasteiger partial charge in [-0.2, -0.15) is 5.48 Å². The number of hydroxylamine groups is 1. The Morgan fingerprint density at radius 2 is 1.87 bits per heavy atom. The molecule has 1 fully saturated rings. The van der Waals surface area contributed by atoms with Gasteiger partial charge in [0.25, 0.3) is 0 Å². The van der Waals surface area contributed by atoms with Crippen LogP contribution >= 0.6 is 0 Å². The van der Waals surface area contributed by atoms with Gasteiger partial charge in [-0.25, -0.2) is 0 Å². The Hall–Kier alpha value is -0.0800. The second kappa shape index (κ2) is 4.42. The lowest BCUT2D eigenvalue weighted by Crippen LogP contribution is -2.44. The van der Waals surface area contributed by atoms with Gasteiger partial charge in [0.1, 0.15) is 0 Å². The van der Waals surface area contributed by atoms with Crippen LogP contribution in [0, 0.1) is 11.3 Å². The highest BCUT2D eigenvalue weighted by molar-refractivity contribution is 4.85. The molecule has 2 unspecified atom stereocenters. The molecular formula is C13H27NO. The van der Waals surface area contributed by atoms with Crippen molar-refractivity contribution in [2.24, 2.45) is 11.3 Å². The van der Waals surface area contributed by atoms with Crippen LogP contribution in [-0.4, -0.2) is 11.6 Å². The van der Waals surface area contributed by atoms with Gasteiger partial charge in [0.2, 0.25) is 0 Å². The fourth-order valence-corrected chi connectivity index (χ4v) is 2.37. The zero-order chi connectivity index (χ0) is 11.7. The predicted molar refractivity (Wildman–Crippen MR) is 64.6 cm³/mol. The lowest BCUT2D eigenvalue weighted by atomic mass is 9.71. The minimum atomic E-state index is -0.0906. The molecule has 1 rings (SSSR count). The Labute approximate surface area is 94.7 Å². The fraction of sp³-hybridized carbons (Fsp3) is 1.00. The molecule has 0 bridgehead atoms. The number of hydrogen-bond acceptors (Lipinski definition) is 2. The summed E-state index contributed by atoms with van der Waals surface area (Å²) in [7, 11) is 0. The van der Waals surface area contributed by atoms with Crippen LogP contribution in [0.2, 0.25) is 0 Å². The summed E-state index contributed by atoms with van der Waals surface area (Å²) in [6, 6.07) is 0.525. The highest BCUT2D eigenvalue weighted by atomic mass is 16.7. The monoisotopic (exact) mass is 213 g/mol. The normalized spacial score (nSPS) is 31.6. The molecule has 1 aliphatic carbocycles. The van der Waals surface area contributed by atoms with E-state index >= 15 is 0 Å². The third kappa shape index (κ3) is 4.52. The second-order valence-electron chi connectivity index (χ2n) is 6.82. The van der Waals surface area contributed by atoms with Crippen LogP contribution in [0.25, 0.3) is 0 Å². The molecule has 90 valence electrons. The van der Waals surface area contributed by atoms with Crippen molar-refractivity contribution in [2.75, 3.05) is 0 Å². The number of hydrogen-bond donors (Lipinski definition) is 1. The summed E-state index contributed by atoms with van der Waals surface area (Å²) in [6.07, 6.45) is 3.81. The Kier molecular flexibility index (Phi) is 3.83. The van der Waals surface area contributed by atoms with Crippen LogP contribution in [0.1, 0.15) is 60.8 Å². The highest BCUT2D eigenvalue weighted by Gasteiger charge is 2.32. The minimum Gasteiger partial charge on any atom is -0.296 e. The van der Waals surface area contributed by atoms with E-state index in [4.69, 9.17) is 4.84 Å². The summed E-state index contributed by atoms with van der Waals surface area (Å²) in [5, 5.41) is 0. The fourth-order valence-electron chi connectivity index (χ4n) is 2.37. The molecule has 2 atom stereocenters. The lowest BCUT2D eigenvalue weighted by molar-refractivity contribution is -0.105. The molecule has 0 aromatic heterocycles. The van der Waals surface area contributed by atoms with E-state index in [-0.39, 0.29) is 5.60 Å². The lowest BCUT2D eigenvalue weighted by Gasteiger charge is -2.40. The van der Waals surface area contributed by atoms with Gasteiger partial charge in [0, 0.05) is 6.04 Å². The van der Waals surface area contributed by atoms with Crippen LogP contribution in [0.15, 0.2) is 0 Å². The molecule has 1 saturated carbocycles. The molecule has 1 N–H and O–H groups in total. The smallest absolute Gasteiger partial charge is 0.0813 e. The van der Waals surface area contributed by atoms with Gasteiger partial charge in [-0.05, 0) is 51.4 Å². The van der Waals surface area contributed by atoms with Crippen molar-refractivity contribution in [2.45, 2.75) is 72.4 Å². The minimum absolute atomic E-state index is 0.0906. The van der Waals surface area contributed by atoms with E-state index in [0.717, 1.165) is 0 Å². The largest absolute Gasteiger partial charge is 0.296 e. The van der Waals surface area contributed by atoms with Crippen molar-refractivity contribution in [3.63, 3.8) is 0 Å². The SMILES string of the molecule is CC1CC(C)(C)CCC1NOC(C)(C)C. The Morgan fingerprint density at radius 1 is 1.27 bits per heavy atom. The van der Waals surface area contributed by atoms with Crippen molar-refractivity contribution in [1.29, 1.82) is 0 Å². The van der Waals surface area contributed by atoms with Gasteiger partial charge in [0.05, 0.1) is 5.60 Å². The van der Waals surface area contributed by atoms with Crippen molar-refractivity contribution < 1.29 is 4.84 Å². The average Bonchev–Trinajstić information content (AvgIpc) is 1.99. The maximum absolute atomic E-state index is 5.66. The molecule has 15 heavy (non-hydrogen) atoms. The average molecular weight is 213 g/mol.